The summed E-state index contributed by atoms with van der Waals surface area (Å²) in [6.07, 6.45) is -0.554. The molecule has 4 heteroatoms. The van der Waals surface area contributed by atoms with Crippen molar-refractivity contribution >= 4 is 5.97 Å². The van der Waals surface area contributed by atoms with E-state index in [4.69, 9.17) is 4.74 Å². The van der Waals surface area contributed by atoms with Gasteiger partial charge in [0.2, 0.25) is 0 Å². The van der Waals surface area contributed by atoms with Crippen LogP contribution in [0.3, 0.4) is 0 Å². The van der Waals surface area contributed by atoms with Gasteiger partial charge in [0.05, 0.1) is 12.7 Å². The lowest BCUT2D eigenvalue weighted by atomic mass is 9.92. The number of aliphatic hydroxyl groups is 1. The summed E-state index contributed by atoms with van der Waals surface area (Å²) in [5.74, 6) is -0.290. The highest BCUT2D eigenvalue weighted by Gasteiger charge is 2.30. The second-order valence-corrected chi connectivity index (χ2v) is 3.74. The van der Waals surface area contributed by atoms with Crippen LogP contribution in [0.1, 0.15) is 30.2 Å². The normalized spacial score (nSPS) is 23.6. The lowest BCUT2D eigenvalue weighted by molar-refractivity contribution is -0.146. The maximum absolute atomic E-state index is 11.7. The number of rotatable bonds is 2. The third-order valence-electron chi connectivity index (χ3n) is 2.70. The first-order chi connectivity index (χ1) is 7.74. The van der Waals surface area contributed by atoms with Crippen molar-refractivity contribution in [3.63, 3.8) is 0 Å². The van der Waals surface area contributed by atoms with E-state index in [1.54, 1.807) is 6.92 Å². The molecule has 1 aliphatic heterocycles. The van der Waals surface area contributed by atoms with Gasteiger partial charge in [-0.15, -0.1) is 0 Å². The van der Waals surface area contributed by atoms with Crippen LogP contribution >= 0.6 is 0 Å². The van der Waals surface area contributed by atoms with Crippen LogP contribution in [-0.4, -0.2) is 24.2 Å². The SMILES string of the molecule is CCOC(=O)C1NCC(O)c2ccccc21. The van der Waals surface area contributed by atoms with Crippen LogP contribution in [0.5, 0.6) is 0 Å². The summed E-state index contributed by atoms with van der Waals surface area (Å²) in [4.78, 5) is 11.7. The molecule has 0 aliphatic carbocycles. The Morgan fingerprint density at radius 1 is 1.50 bits per heavy atom. The first-order valence-corrected chi connectivity index (χ1v) is 5.41. The smallest absolute Gasteiger partial charge is 0.327 e. The Morgan fingerprint density at radius 2 is 2.19 bits per heavy atom. The number of nitrogens with one attached hydrogen (secondary N) is 1. The fourth-order valence-corrected chi connectivity index (χ4v) is 1.96. The summed E-state index contributed by atoms with van der Waals surface area (Å²) >= 11 is 0. The van der Waals surface area contributed by atoms with Crippen molar-refractivity contribution in [1.82, 2.24) is 5.32 Å². The third-order valence-corrected chi connectivity index (χ3v) is 2.70. The number of benzene rings is 1. The van der Waals surface area contributed by atoms with E-state index in [0.717, 1.165) is 11.1 Å². The van der Waals surface area contributed by atoms with Crippen molar-refractivity contribution < 1.29 is 14.6 Å². The molecular weight excluding hydrogens is 206 g/mol. The van der Waals surface area contributed by atoms with Crippen molar-refractivity contribution in [1.29, 1.82) is 0 Å². The minimum atomic E-state index is -0.554. The minimum absolute atomic E-state index is 0.290. The van der Waals surface area contributed by atoms with E-state index in [2.05, 4.69) is 5.32 Å². The maximum Gasteiger partial charge on any atom is 0.327 e. The molecular formula is C12H15NO3. The van der Waals surface area contributed by atoms with E-state index in [-0.39, 0.29) is 5.97 Å². The van der Waals surface area contributed by atoms with Crippen molar-refractivity contribution in [2.45, 2.75) is 19.1 Å². The van der Waals surface area contributed by atoms with Gasteiger partial charge in [-0.1, -0.05) is 24.3 Å². The predicted octanol–water partition coefficient (Wildman–Crippen LogP) is 0.927. The Bertz CT molecular complexity index is 392. The molecule has 2 N–H and O–H groups in total. The zero-order chi connectivity index (χ0) is 11.5. The molecule has 1 heterocycles. The number of fused-ring (bicyclic) bond motifs is 1. The zero-order valence-corrected chi connectivity index (χ0v) is 9.14. The van der Waals surface area contributed by atoms with Gasteiger partial charge in [0.15, 0.2) is 0 Å². The molecule has 2 rings (SSSR count). The zero-order valence-electron chi connectivity index (χ0n) is 9.14. The molecule has 0 spiro atoms. The molecule has 0 bridgehead atoms. The second-order valence-electron chi connectivity index (χ2n) is 3.74. The molecule has 0 fully saturated rings. The lowest BCUT2D eigenvalue weighted by Gasteiger charge is -2.28. The molecule has 0 saturated carbocycles. The number of aliphatic hydroxyl groups excluding tert-OH is 1. The van der Waals surface area contributed by atoms with Gasteiger partial charge in [0.25, 0.3) is 0 Å². The number of hydrogen-bond donors (Lipinski definition) is 2. The van der Waals surface area contributed by atoms with E-state index < -0.39 is 12.1 Å². The first-order valence-electron chi connectivity index (χ1n) is 5.41. The largest absolute Gasteiger partial charge is 0.465 e. The van der Waals surface area contributed by atoms with Crippen LogP contribution in [-0.2, 0) is 9.53 Å². The van der Waals surface area contributed by atoms with Gasteiger partial charge < -0.3 is 9.84 Å². The van der Waals surface area contributed by atoms with Gasteiger partial charge in [-0.3, -0.25) is 5.32 Å². The van der Waals surface area contributed by atoms with Crippen LogP contribution in [0.15, 0.2) is 24.3 Å². The van der Waals surface area contributed by atoms with Crippen LogP contribution in [0.25, 0.3) is 0 Å². The highest BCUT2D eigenvalue weighted by Crippen LogP contribution is 2.28. The van der Waals surface area contributed by atoms with E-state index in [1.807, 2.05) is 24.3 Å². The van der Waals surface area contributed by atoms with Crippen molar-refractivity contribution in [3.8, 4) is 0 Å². The highest BCUT2D eigenvalue weighted by atomic mass is 16.5. The number of β-amino-alcohol motifs (C(OH)–C–C–N with tert-alkyl or cyclic N) is 1. The average Bonchev–Trinajstić information content (AvgIpc) is 2.30. The van der Waals surface area contributed by atoms with Gasteiger partial charge in [0.1, 0.15) is 6.04 Å². The highest BCUT2D eigenvalue weighted by molar-refractivity contribution is 5.78. The standard InChI is InChI=1S/C12H15NO3/c1-2-16-12(15)11-9-6-4-3-5-8(9)10(14)7-13-11/h3-6,10-11,13-14H,2,7H2,1H3. The van der Waals surface area contributed by atoms with Crippen molar-refractivity contribution in [2.24, 2.45) is 0 Å². The quantitative estimate of drug-likeness (QED) is 0.729. The van der Waals surface area contributed by atoms with E-state index in [1.165, 1.54) is 0 Å². The second kappa shape index (κ2) is 4.63. The molecule has 2 unspecified atom stereocenters. The first kappa shape index (κ1) is 11.1. The Hall–Kier alpha value is -1.39. The summed E-state index contributed by atoms with van der Waals surface area (Å²) in [6, 6.07) is 6.93. The molecule has 1 aliphatic rings. The number of ether oxygens (including phenoxy) is 1. The average molecular weight is 221 g/mol. The molecule has 0 radical (unpaired) electrons. The summed E-state index contributed by atoms with van der Waals surface area (Å²) in [5, 5.41) is 12.8. The van der Waals surface area contributed by atoms with Gasteiger partial charge in [-0.05, 0) is 18.1 Å². The van der Waals surface area contributed by atoms with Crippen molar-refractivity contribution in [2.75, 3.05) is 13.2 Å². The molecule has 2 atom stereocenters. The number of esters is 1. The molecule has 0 aromatic heterocycles. The molecule has 86 valence electrons. The molecule has 16 heavy (non-hydrogen) atoms. The van der Waals surface area contributed by atoms with Crippen LogP contribution < -0.4 is 5.32 Å². The molecule has 0 saturated heterocycles. The Balaban J connectivity index is 2.31. The monoisotopic (exact) mass is 221 g/mol. The molecule has 1 aromatic rings. The maximum atomic E-state index is 11.7. The van der Waals surface area contributed by atoms with E-state index in [9.17, 15) is 9.90 Å². The van der Waals surface area contributed by atoms with Crippen LogP contribution in [0, 0.1) is 0 Å². The summed E-state index contributed by atoms with van der Waals surface area (Å²) in [7, 11) is 0. The third kappa shape index (κ3) is 1.94. The van der Waals surface area contributed by atoms with Crippen LogP contribution in [0.2, 0.25) is 0 Å². The Labute approximate surface area is 94.2 Å². The van der Waals surface area contributed by atoms with E-state index >= 15 is 0 Å². The molecule has 0 amide bonds. The summed E-state index contributed by atoms with van der Waals surface area (Å²) in [5.41, 5.74) is 1.61. The Kier molecular flexibility index (Phi) is 3.22. The predicted molar refractivity (Wildman–Crippen MR) is 58.8 cm³/mol. The van der Waals surface area contributed by atoms with Gasteiger partial charge in [0, 0.05) is 6.54 Å². The summed E-state index contributed by atoms with van der Waals surface area (Å²) < 4.78 is 4.99. The molecule has 4 nitrogen and oxygen atoms in total. The fourth-order valence-electron chi connectivity index (χ4n) is 1.96. The lowest BCUT2D eigenvalue weighted by Crippen LogP contribution is -2.38. The fraction of sp³-hybridized carbons (Fsp3) is 0.417. The molecule has 1 aromatic carbocycles. The number of carbonyl (C=O) groups excluding carboxylic acids is 1. The minimum Gasteiger partial charge on any atom is -0.465 e. The topological polar surface area (TPSA) is 58.6 Å². The van der Waals surface area contributed by atoms with Crippen LogP contribution in [0.4, 0.5) is 0 Å². The number of carbonyl (C=O) groups is 1. The Morgan fingerprint density at radius 3 is 2.88 bits per heavy atom. The number of hydrogen-bond acceptors (Lipinski definition) is 4. The van der Waals surface area contributed by atoms with Crippen molar-refractivity contribution in [3.05, 3.63) is 35.4 Å². The van der Waals surface area contributed by atoms with Gasteiger partial charge in [-0.2, -0.15) is 0 Å². The van der Waals surface area contributed by atoms with Gasteiger partial charge in [-0.25, -0.2) is 4.79 Å². The van der Waals surface area contributed by atoms with E-state index in [0.29, 0.717) is 13.2 Å². The van der Waals surface area contributed by atoms with Gasteiger partial charge >= 0.3 is 5.97 Å². The summed E-state index contributed by atoms with van der Waals surface area (Å²) in [6.45, 7) is 2.52.